The largest absolute Gasteiger partial charge is 0.466 e. The highest BCUT2D eigenvalue weighted by atomic mass is 19.4. The van der Waals surface area contributed by atoms with Gasteiger partial charge in [0.25, 0.3) is 5.91 Å². The Kier molecular flexibility index (Phi) is 5.06. The van der Waals surface area contributed by atoms with Crippen molar-refractivity contribution >= 4 is 5.91 Å². The third-order valence-electron chi connectivity index (χ3n) is 4.52. The van der Waals surface area contributed by atoms with Gasteiger partial charge in [-0.15, -0.1) is 0 Å². The monoisotopic (exact) mass is 391 g/mol. The normalized spacial score (nSPS) is 12.8. The number of aromatic nitrogens is 2. The number of nitrogens with one attached hydrogen (secondary N) is 1. The van der Waals surface area contributed by atoms with E-state index in [0.717, 1.165) is 10.9 Å². The summed E-state index contributed by atoms with van der Waals surface area (Å²) >= 11 is 0. The maximum atomic E-state index is 13.8. The molecule has 148 valence electrons. The van der Waals surface area contributed by atoms with Crippen molar-refractivity contribution in [3.8, 4) is 5.69 Å². The van der Waals surface area contributed by atoms with Gasteiger partial charge >= 0.3 is 6.18 Å². The number of furan rings is 1. The van der Waals surface area contributed by atoms with Crippen LogP contribution in [-0.2, 0) is 6.18 Å². The van der Waals surface area contributed by atoms with Gasteiger partial charge in [0.1, 0.15) is 11.5 Å². The molecule has 5 nitrogen and oxygen atoms in total. The first kappa shape index (κ1) is 19.7. The summed E-state index contributed by atoms with van der Waals surface area (Å²) < 4.78 is 47.6. The lowest BCUT2D eigenvalue weighted by molar-refractivity contribution is -0.143. The fourth-order valence-electron chi connectivity index (χ4n) is 3.20. The number of amides is 1. The van der Waals surface area contributed by atoms with Gasteiger partial charge in [-0.1, -0.05) is 18.2 Å². The van der Waals surface area contributed by atoms with Crippen LogP contribution in [0.3, 0.4) is 0 Å². The van der Waals surface area contributed by atoms with Crippen LogP contribution in [-0.4, -0.2) is 15.7 Å². The minimum absolute atomic E-state index is 0.267. The topological polar surface area (TPSA) is 60.1 Å². The van der Waals surface area contributed by atoms with Gasteiger partial charge in [0.05, 0.1) is 23.5 Å². The summed E-state index contributed by atoms with van der Waals surface area (Å²) in [6, 6.07) is 7.79. The molecule has 3 aromatic rings. The molecule has 0 bridgehead atoms. The van der Waals surface area contributed by atoms with Crippen LogP contribution < -0.4 is 5.32 Å². The van der Waals surface area contributed by atoms with Crippen molar-refractivity contribution in [1.82, 2.24) is 15.1 Å². The summed E-state index contributed by atoms with van der Waals surface area (Å²) in [5.74, 6) is 0.423. The minimum atomic E-state index is -4.75. The SMILES string of the molecule is Cc1cc(C(C)NC(=O)c2cnn(-c3ccccc3C)c2C(F)(F)F)c(C)o1. The summed E-state index contributed by atoms with van der Waals surface area (Å²) in [5, 5.41) is 6.46. The highest BCUT2D eigenvalue weighted by Crippen LogP contribution is 2.34. The molecule has 0 radical (unpaired) electrons. The van der Waals surface area contributed by atoms with Crippen molar-refractivity contribution in [2.75, 3.05) is 0 Å². The average molecular weight is 391 g/mol. The van der Waals surface area contributed by atoms with Crippen LogP contribution >= 0.6 is 0 Å². The molecule has 2 aromatic heterocycles. The molecule has 0 saturated heterocycles. The molecule has 1 amide bonds. The number of para-hydroxylation sites is 1. The fourth-order valence-corrected chi connectivity index (χ4v) is 3.20. The third-order valence-corrected chi connectivity index (χ3v) is 4.52. The summed E-state index contributed by atoms with van der Waals surface area (Å²) in [6.07, 6.45) is -3.80. The highest BCUT2D eigenvalue weighted by molar-refractivity contribution is 5.95. The maximum absolute atomic E-state index is 13.8. The number of hydrogen-bond acceptors (Lipinski definition) is 3. The second-order valence-electron chi connectivity index (χ2n) is 6.67. The molecule has 0 aliphatic carbocycles. The molecule has 0 aliphatic heterocycles. The summed E-state index contributed by atoms with van der Waals surface area (Å²) in [4.78, 5) is 12.6. The van der Waals surface area contributed by atoms with Crippen LogP contribution in [0.1, 0.15) is 51.7 Å². The van der Waals surface area contributed by atoms with Gasteiger partial charge in [0, 0.05) is 5.56 Å². The van der Waals surface area contributed by atoms with Crippen LogP contribution in [0.15, 0.2) is 40.9 Å². The molecule has 1 unspecified atom stereocenters. The molecule has 0 saturated carbocycles. The van der Waals surface area contributed by atoms with Gasteiger partial charge in [0.2, 0.25) is 0 Å². The molecule has 1 atom stereocenters. The lowest BCUT2D eigenvalue weighted by Crippen LogP contribution is -2.29. The zero-order valence-corrected chi connectivity index (χ0v) is 15.9. The molecule has 2 heterocycles. The summed E-state index contributed by atoms with van der Waals surface area (Å²) in [5.41, 5.74) is -0.0399. The first-order valence-electron chi connectivity index (χ1n) is 8.68. The first-order valence-corrected chi connectivity index (χ1v) is 8.68. The first-order chi connectivity index (χ1) is 13.1. The number of carbonyl (C=O) groups is 1. The number of rotatable bonds is 4. The predicted molar refractivity (Wildman–Crippen MR) is 97.4 cm³/mol. The molecule has 0 aliphatic rings. The van der Waals surface area contributed by atoms with E-state index in [9.17, 15) is 18.0 Å². The van der Waals surface area contributed by atoms with E-state index in [1.54, 1.807) is 52.0 Å². The van der Waals surface area contributed by atoms with Crippen LogP contribution in [0, 0.1) is 20.8 Å². The average Bonchev–Trinajstić information content (AvgIpc) is 3.18. The Labute approximate surface area is 160 Å². The molecule has 0 fully saturated rings. The predicted octanol–water partition coefficient (Wildman–Crippen LogP) is 4.90. The summed E-state index contributed by atoms with van der Waals surface area (Å²) in [7, 11) is 0. The second-order valence-corrected chi connectivity index (χ2v) is 6.67. The van der Waals surface area contributed by atoms with Gasteiger partial charge in [-0.25, -0.2) is 4.68 Å². The lowest BCUT2D eigenvalue weighted by Gasteiger charge is -2.16. The summed E-state index contributed by atoms with van der Waals surface area (Å²) in [6.45, 7) is 6.87. The molecule has 1 aromatic carbocycles. The zero-order chi connectivity index (χ0) is 20.6. The van der Waals surface area contributed by atoms with E-state index in [0.29, 0.717) is 22.6 Å². The van der Waals surface area contributed by atoms with E-state index in [1.165, 1.54) is 6.07 Å². The van der Waals surface area contributed by atoms with Crippen molar-refractivity contribution < 1.29 is 22.4 Å². The number of hydrogen-bond donors (Lipinski definition) is 1. The minimum Gasteiger partial charge on any atom is -0.466 e. The quantitative estimate of drug-likeness (QED) is 0.688. The highest BCUT2D eigenvalue weighted by Gasteiger charge is 2.41. The van der Waals surface area contributed by atoms with Crippen molar-refractivity contribution in [3.05, 3.63) is 70.4 Å². The smallest absolute Gasteiger partial charge is 0.434 e. The van der Waals surface area contributed by atoms with E-state index in [4.69, 9.17) is 4.42 Å². The lowest BCUT2D eigenvalue weighted by atomic mass is 10.1. The van der Waals surface area contributed by atoms with E-state index >= 15 is 0 Å². The number of aryl methyl sites for hydroxylation is 3. The van der Waals surface area contributed by atoms with Gasteiger partial charge in [-0.3, -0.25) is 4.79 Å². The Morgan fingerprint density at radius 2 is 1.89 bits per heavy atom. The number of carbonyl (C=O) groups excluding carboxylic acids is 1. The fraction of sp³-hybridized carbons (Fsp3) is 0.300. The number of alkyl halides is 3. The van der Waals surface area contributed by atoms with Crippen molar-refractivity contribution in [2.24, 2.45) is 0 Å². The number of benzene rings is 1. The Balaban J connectivity index is 1.99. The van der Waals surface area contributed by atoms with Crippen molar-refractivity contribution in [2.45, 2.75) is 39.9 Å². The van der Waals surface area contributed by atoms with Crippen LogP contribution in [0.5, 0.6) is 0 Å². The van der Waals surface area contributed by atoms with E-state index in [-0.39, 0.29) is 5.69 Å². The van der Waals surface area contributed by atoms with E-state index < -0.39 is 29.4 Å². The number of halogens is 3. The third kappa shape index (κ3) is 3.67. The Morgan fingerprint density at radius 1 is 1.21 bits per heavy atom. The Morgan fingerprint density at radius 3 is 2.46 bits per heavy atom. The number of nitrogens with zero attached hydrogens (tertiary/aromatic N) is 2. The van der Waals surface area contributed by atoms with Gasteiger partial charge in [-0.2, -0.15) is 18.3 Å². The van der Waals surface area contributed by atoms with Gasteiger partial charge in [0.15, 0.2) is 5.69 Å². The molecule has 28 heavy (non-hydrogen) atoms. The van der Waals surface area contributed by atoms with Crippen LogP contribution in [0.4, 0.5) is 13.2 Å². The van der Waals surface area contributed by atoms with Crippen LogP contribution in [0.25, 0.3) is 5.69 Å². The van der Waals surface area contributed by atoms with E-state index in [2.05, 4.69) is 10.4 Å². The van der Waals surface area contributed by atoms with E-state index in [1.807, 2.05) is 0 Å². The van der Waals surface area contributed by atoms with Gasteiger partial charge in [-0.05, 0) is 45.4 Å². The van der Waals surface area contributed by atoms with Crippen LogP contribution in [0.2, 0.25) is 0 Å². The van der Waals surface area contributed by atoms with Crippen molar-refractivity contribution in [1.29, 1.82) is 0 Å². The zero-order valence-electron chi connectivity index (χ0n) is 15.9. The van der Waals surface area contributed by atoms with Gasteiger partial charge < -0.3 is 9.73 Å². The maximum Gasteiger partial charge on any atom is 0.434 e. The Bertz CT molecular complexity index is 1020. The standard InChI is InChI=1S/C20H20F3N3O2/c1-11-7-5-6-8-17(11)26-18(20(21,22)23)16(10-24-26)19(27)25-13(3)15-9-12(2)28-14(15)4/h5-10,13H,1-4H3,(H,25,27). The molecular weight excluding hydrogens is 371 g/mol. The second kappa shape index (κ2) is 7.18. The molecular formula is C20H20F3N3O2. The van der Waals surface area contributed by atoms with Crippen molar-refractivity contribution in [3.63, 3.8) is 0 Å². The molecule has 0 spiro atoms. The molecule has 1 N–H and O–H groups in total. The molecule has 3 rings (SSSR count). The Hall–Kier alpha value is -3.03. The molecule has 8 heteroatoms.